The average Bonchev–Trinajstić information content (AvgIpc) is 3.32. The van der Waals surface area contributed by atoms with Gasteiger partial charge >= 0.3 is 5.97 Å². The molecule has 0 amide bonds. The molecule has 6 heteroatoms. The summed E-state index contributed by atoms with van der Waals surface area (Å²) in [6.45, 7) is 5.66. The number of ether oxygens (including phenoxy) is 2. The average molecular weight is 428 g/mol. The fourth-order valence-corrected chi connectivity index (χ4v) is 3.72. The number of carbonyl (C=O) groups excluding carboxylic acids is 1. The van der Waals surface area contributed by atoms with Gasteiger partial charge in [0.25, 0.3) is 0 Å². The van der Waals surface area contributed by atoms with E-state index in [0.717, 1.165) is 0 Å². The van der Waals surface area contributed by atoms with E-state index in [9.17, 15) is 14.4 Å². The highest BCUT2D eigenvalue weighted by Gasteiger charge is 2.61. The Kier molecular flexibility index (Phi) is 6.48. The zero-order chi connectivity index (χ0) is 21.9. The van der Waals surface area contributed by atoms with Crippen molar-refractivity contribution in [1.29, 1.82) is 5.26 Å². The highest BCUT2D eigenvalue weighted by atomic mass is 35.5. The Morgan fingerprint density at radius 1 is 1.37 bits per heavy atom. The van der Waals surface area contributed by atoms with Crippen LogP contribution in [0.25, 0.3) is 0 Å². The van der Waals surface area contributed by atoms with E-state index < -0.39 is 17.9 Å². The third-order valence-electron chi connectivity index (χ3n) is 5.38. The van der Waals surface area contributed by atoms with Gasteiger partial charge in [-0.15, -0.1) is 0 Å². The predicted molar refractivity (Wildman–Crippen MR) is 113 cm³/mol. The van der Waals surface area contributed by atoms with Crippen molar-refractivity contribution >= 4 is 17.6 Å². The van der Waals surface area contributed by atoms with Gasteiger partial charge in [0.1, 0.15) is 11.8 Å². The molecule has 0 bridgehead atoms. The van der Waals surface area contributed by atoms with Gasteiger partial charge in [-0.25, -0.2) is 4.39 Å². The maximum atomic E-state index is 14.3. The smallest absolute Gasteiger partial charge is 0.311 e. The third kappa shape index (κ3) is 4.83. The van der Waals surface area contributed by atoms with Gasteiger partial charge in [0.15, 0.2) is 11.6 Å². The fraction of sp³-hybridized carbons (Fsp3) is 0.333. The van der Waals surface area contributed by atoms with Crippen molar-refractivity contribution in [1.82, 2.24) is 0 Å². The van der Waals surface area contributed by atoms with E-state index in [2.05, 4.69) is 0 Å². The Bertz CT molecular complexity index is 996. The number of hydrogen-bond donors (Lipinski definition) is 0. The molecule has 1 saturated carbocycles. The maximum absolute atomic E-state index is 14.3. The van der Waals surface area contributed by atoms with Gasteiger partial charge in [0.2, 0.25) is 6.10 Å². The van der Waals surface area contributed by atoms with Crippen LogP contribution in [0, 0.1) is 34.4 Å². The zero-order valence-corrected chi connectivity index (χ0v) is 17.8. The molecule has 3 unspecified atom stereocenters. The Morgan fingerprint density at radius 3 is 2.83 bits per heavy atom. The minimum Gasteiger partial charge on any atom is -0.458 e. The summed E-state index contributed by atoms with van der Waals surface area (Å²) < 4.78 is 25.4. The van der Waals surface area contributed by atoms with E-state index in [-0.39, 0.29) is 23.0 Å². The number of rotatable bonds is 6. The largest absolute Gasteiger partial charge is 0.458 e. The molecule has 3 rings (SSSR count). The number of allylic oxidation sites excluding steroid dienone is 7. The molecule has 30 heavy (non-hydrogen) atoms. The molecule has 0 aromatic heterocycles. The topological polar surface area (TPSA) is 59.3 Å². The van der Waals surface area contributed by atoms with Crippen molar-refractivity contribution in [2.75, 3.05) is 0 Å². The Morgan fingerprint density at radius 2 is 2.13 bits per heavy atom. The van der Waals surface area contributed by atoms with Gasteiger partial charge in [0.05, 0.1) is 5.92 Å². The van der Waals surface area contributed by atoms with Crippen molar-refractivity contribution in [3.05, 3.63) is 76.8 Å². The monoisotopic (exact) mass is 427 g/mol. The van der Waals surface area contributed by atoms with E-state index in [4.69, 9.17) is 21.1 Å². The van der Waals surface area contributed by atoms with Crippen molar-refractivity contribution in [2.24, 2.45) is 17.3 Å². The lowest BCUT2D eigenvalue weighted by Crippen LogP contribution is -2.14. The molecule has 1 aromatic rings. The van der Waals surface area contributed by atoms with Crippen molar-refractivity contribution in [3.63, 3.8) is 0 Å². The molecule has 0 N–H and O–H groups in total. The minimum absolute atomic E-state index is 0.0240. The highest BCUT2D eigenvalue weighted by Crippen LogP contribution is 2.60. The minimum atomic E-state index is -1.17. The first kappa shape index (κ1) is 21.9. The quantitative estimate of drug-likeness (QED) is 0.512. The molecule has 2 aliphatic carbocycles. The second kappa shape index (κ2) is 8.89. The summed E-state index contributed by atoms with van der Waals surface area (Å²) in [6, 6.07) is 6.00. The van der Waals surface area contributed by atoms with E-state index in [1.165, 1.54) is 18.2 Å². The molecular weight excluding hydrogens is 405 g/mol. The number of nitrogens with zero attached hydrogens (tertiary/aromatic N) is 1. The Balaban J connectivity index is 1.76. The van der Waals surface area contributed by atoms with Crippen LogP contribution in [0.15, 0.2) is 65.4 Å². The molecule has 0 radical (unpaired) electrons. The molecule has 1 fully saturated rings. The molecule has 0 saturated heterocycles. The van der Waals surface area contributed by atoms with Crippen LogP contribution in [0.5, 0.6) is 5.75 Å². The number of hydrogen-bond acceptors (Lipinski definition) is 4. The molecule has 0 aliphatic heterocycles. The fourth-order valence-electron chi connectivity index (χ4n) is 3.58. The van der Waals surface area contributed by atoms with Crippen LogP contribution in [0.1, 0.15) is 38.9 Å². The molecular formula is C24H23ClFNO3. The van der Waals surface area contributed by atoms with Gasteiger partial charge in [-0.3, -0.25) is 4.79 Å². The molecule has 0 spiro atoms. The van der Waals surface area contributed by atoms with E-state index in [1.807, 2.05) is 44.2 Å². The Hall–Kier alpha value is -2.84. The molecule has 4 nitrogen and oxygen atoms in total. The van der Waals surface area contributed by atoms with Gasteiger partial charge in [0, 0.05) is 17.0 Å². The van der Waals surface area contributed by atoms with Crippen LogP contribution >= 0.6 is 11.6 Å². The van der Waals surface area contributed by atoms with Gasteiger partial charge < -0.3 is 9.47 Å². The number of nitriles is 1. The van der Waals surface area contributed by atoms with Crippen LogP contribution in [0.3, 0.4) is 0 Å². The first-order valence-electron chi connectivity index (χ1n) is 9.67. The Labute approximate surface area is 180 Å². The zero-order valence-electron chi connectivity index (χ0n) is 17.1. The van der Waals surface area contributed by atoms with Crippen molar-refractivity contribution in [3.8, 4) is 11.8 Å². The van der Waals surface area contributed by atoms with Crippen LogP contribution in [-0.2, 0) is 9.53 Å². The summed E-state index contributed by atoms with van der Waals surface area (Å²) in [5, 5.41) is 10.2. The first-order chi connectivity index (χ1) is 14.2. The third-order valence-corrected chi connectivity index (χ3v) is 5.51. The molecule has 0 heterocycles. The van der Waals surface area contributed by atoms with Crippen molar-refractivity contribution in [2.45, 2.75) is 33.3 Å². The number of benzene rings is 1. The number of carbonyl (C=O) groups is 1. The van der Waals surface area contributed by atoms with Crippen molar-refractivity contribution < 1.29 is 18.7 Å². The summed E-state index contributed by atoms with van der Waals surface area (Å²) in [5.41, 5.74) is 0.0544. The standard InChI is InChI=1S/C24H23ClFNO3/c1-15(25)12-18-22(24(18,2)3)23(28)30-21(14-27)16-10-11-19(26)20(13-16)29-17-8-6-4-5-7-9-17/h4-8,10-13,18,21-22H,9H2,1-3H3/b15-12-. The molecule has 156 valence electrons. The van der Waals surface area contributed by atoms with E-state index >= 15 is 0 Å². The predicted octanol–water partition coefficient (Wildman–Crippen LogP) is 6.13. The summed E-state index contributed by atoms with van der Waals surface area (Å²) in [4.78, 5) is 12.7. The summed E-state index contributed by atoms with van der Waals surface area (Å²) in [5.74, 6) is -0.924. The first-order valence-corrected chi connectivity index (χ1v) is 10.1. The molecule has 1 aromatic carbocycles. The summed E-state index contributed by atoms with van der Waals surface area (Å²) in [7, 11) is 0. The summed E-state index contributed by atoms with van der Waals surface area (Å²) in [6.07, 6.45) is 10.3. The lowest BCUT2D eigenvalue weighted by atomic mass is 10.1. The van der Waals surface area contributed by atoms with Crippen LogP contribution < -0.4 is 4.74 Å². The lowest BCUT2D eigenvalue weighted by Gasteiger charge is -2.15. The van der Waals surface area contributed by atoms with Crippen LogP contribution in [0.4, 0.5) is 4.39 Å². The van der Waals surface area contributed by atoms with Crippen LogP contribution in [-0.4, -0.2) is 5.97 Å². The van der Waals surface area contributed by atoms with E-state index in [1.54, 1.807) is 19.1 Å². The second-order valence-corrected chi connectivity index (χ2v) is 8.56. The van der Waals surface area contributed by atoms with Gasteiger partial charge in [-0.1, -0.05) is 61.9 Å². The normalized spacial score (nSPS) is 23.1. The second-order valence-electron chi connectivity index (χ2n) is 7.97. The highest BCUT2D eigenvalue weighted by molar-refractivity contribution is 6.29. The SMILES string of the molecule is C/C(Cl)=C/C1C(C(=O)OC(C#N)c2ccc(F)c(OC3=CC=CC=CC3)c2)C1(C)C. The van der Waals surface area contributed by atoms with E-state index in [0.29, 0.717) is 22.8 Å². The number of halogens is 2. The number of esters is 1. The molecule has 2 aliphatic rings. The van der Waals surface area contributed by atoms with Gasteiger partial charge in [-0.05, 0) is 36.5 Å². The summed E-state index contributed by atoms with van der Waals surface area (Å²) >= 11 is 5.96. The molecule has 3 atom stereocenters. The van der Waals surface area contributed by atoms with Crippen LogP contribution in [0.2, 0.25) is 0 Å². The van der Waals surface area contributed by atoms with Gasteiger partial charge in [-0.2, -0.15) is 5.26 Å². The maximum Gasteiger partial charge on any atom is 0.311 e. The lowest BCUT2D eigenvalue weighted by molar-refractivity contribution is -0.149.